The van der Waals surface area contributed by atoms with E-state index in [1.165, 1.54) is 17.4 Å². The average molecular weight is 250 g/mol. The molecular weight excluding hydrogens is 240 g/mol. The summed E-state index contributed by atoms with van der Waals surface area (Å²) >= 11 is 1.35. The van der Waals surface area contributed by atoms with E-state index in [1.807, 2.05) is 0 Å². The van der Waals surface area contributed by atoms with Crippen LogP contribution in [0, 0.1) is 17.0 Å². The quantitative estimate of drug-likeness (QED) is 0.662. The van der Waals surface area contributed by atoms with Crippen LogP contribution in [0.2, 0.25) is 0 Å². The van der Waals surface area contributed by atoms with Crippen molar-refractivity contribution in [2.45, 2.75) is 13.5 Å². The number of hydrogen-bond donors (Lipinski definition) is 1. The van der Waals surface area contributed by atoms with Gasteiger partial charge >= 0.3 is 0 Å². The molecule has 0 saturated heterocycles. The van der Waals surface area contributed by atoms with E-state index in [-0.39, 0.29) is 5.69 Å². The van der Waals surface area contributed by atoms with E-state index in [9.17, 15) is 10.1 Å². The topological polar surface area (TPSA) is 94.9 Å². The van der Waals surface area contributed by atoms with Crippen molar-refractivity contribution in [2.75, 3.05) is 0 Å². The lowest BCUT2D eigenvalue weighted by Gasteiger charge is -2.01. The Morgan fingerprint density at radius 3 is 2.82 bits per heavy atom. The minimum atomic E-state index is -0.399. The Hall–Kier alpha value is -1.86. The van der Waals surface area contributed by atoms with Gasteiger partial charge in [-0.1, -0.05) is 23.5 Å². The Labute approximate surface area is 101 Å². The highest BCUT2D eigenvalue weighted by Crippen LogP contribution is 2.31. The summed E-state index contributed by atoms with van der Waals surface area (Å²) in [7, 11) is 0. The summed E-state index contributed by atoms with van der Waals surface area (Å²) in [6.07, 6.45) is 0. The van der Waals surface area contributed by atoms with Gasteiger partial charge in [0.05, 0.1) is 4.92 Å². The fraction of sp³-hybridized carbons (Fsp3) is 0.200. The fourth-order valence-corrected chi connectivity index (χ4v) is 2.30. The average Bonchev–Trinajstić information content (AvgIpc) is 2.77. The second kappa shape index (κ2) is 4.56. The van der Waals surface area contributed by atoms with Crippen molar-refractivity contribution in [3.8, 4) is 10.6 Å². The highest BCUT2D eigenvalue weighted by atomic mass is 32.1. The minimum absolute atomic E-state index is 0.0898. The number of nitrogens with two attached hydrogens (primary N) is 1. The van der Waals surface area contributed by atoms with Crippen molar-refractivity contribution in [3.05, 3.63) is 38.9 Å². The number of hydrogen-bond acceptors (Lipinski definition) is 6. The molecule has 0 spiro atoms. The van der Waals surface area contributed by atoms with E-state index < -0.39 is 4.92 Å². The molecule has 6 nitrogen and oxygen atoms in total. The molecule has 2 aromatic rings. The number of rotatable bonds is 3. The molecular formula is C10H10N4O2S. The third kappa shape index (κ3) is 2.15. The molecule has 2 rings (SSSR count). The minimum Gasteiger partial charge on any atom is -0.324 e. The SMILES string of the molecule is Cc1c(-c2nnc(CN)s2)cccc1[N+](=O)[O-]. The normalized spacial score (nSPS) is 10.5. The summed E-state index contributed by atoms with van der Waals surface area (Å²) in [5.74, 6) is 0. The molecule has 1 aromatic heterocycles. The van der Waals surface area contributed by atoms with Crippen LogP contribution in [0.5, 0.6) is 0 Å². The van der Waals surface area contributed by atoms with Crippen LogP contribution in [0.3, 0.4) is 0 Å². The molecule has 88 valence electrons. The van der Waals surface area contributed by atoms with Gasteiger partial charge in [-0.2, -0.15) is 0 Å². The highest BCUT2D eigenvalue weighted by Gasteiger charge is 2.16. The van der Waals surface area contributed by atoms with Gasteiger partial charge in [0, 0.05) is 23.7 Å². The van der Waals surface area contributed by atoms with Crippen molar-refractivity contribution < 1.29 is 4.92 Å². The van der Waals surface area contributed by atoms with E-state index in [2.05, 4.69) is 10.2 Å². The number of nitrogens with zero attached hydrogens (tertiary/aromatic N) is 3. The lowest BCUT2D eigenvalue weighted by molar-refractivity contribution is -0.385. The highest BCUT2D eigenvalue weighted by molar-refractivity contribution is 7.14. The Bertz CT molecular complexity index is 567. The lowest BCUT2D eigenvalue weighted by atomic mass is 10.1. The maximum Gasteiger partial charge on any atom is 0.273 e. The third-order valence-electron chi connectivity index (χ3n) is 2.37. The first kappa shape index (κ1) is 11.6. The van der Waals surface area contributed by atoms with Crippen LogP contribution in [0.25, 0.3) is 10.6 Å². The van der Waals surface area contributed by atoms with Gasteiger partial charge in [-0.05, 0) is 6.92 Å². The molecule has 17 heavy (non-hydrogen) atoms. The molecule has 0 aliphatic carbocycles. The number of aromatic nitrogens is 2. The van der Waals surface area contributed by atoms with Crippen molar-refractivity contribution in [1.29, 1.82) is 0 Å². The Morgan fingerprint density at radius 1 is 1.47 bits per heavy atom. The Balaban J connectivity index is 2.52. The smallest absolute Gasteiger partial charge is 0.273 e. The predicted molar refractivity (Wildman–Crippen MR) is 64.6 cm³/mol. The van der Waals surface area contributed by atoms with E-state index in [1.54, 1.807) is 19.1 Å². The monoisotopic (exact) mass is 250 g/mol. The van der Waals surface area contributed by atoms with E-state index in [0.29, 0.717) is 22.1 Å². The van der Waals surface area contributed by atoms with E-state index in [0.717, 1.165) is 5.56 Å². The molecule has 0 unspecified atom stereocenters. The molecule has 1 aromatic carbocycles. The second-order valence-electron chi connectivity index (χ2n) is 3.41. The number of benzene rings is 1. The third-order valence-corrected chi connectivity index (χ3v) is 3.35. The molecule has 2 N–H and O–H groups in total. The van der Waals surface area contributed by atoms with Gasteiger partial charge in [-0.3, -0.25) is 10.1 Å². The lowest BCUT2D eigenvalue weighted by Crippen LogP contribution is -1.94. The molecule has 0 aliphatic rings. The standard InChI is InChI=1S/C10H10N4O2S/c1-6-7(3-2-4-8(6)14(15)16)10-13-12-9(5-11)17-10/h2-4H,5,11H2,1H3. The molecule has 0 saturated carbocycles. The zero-order valence-corrected chi connectivity index (χ0v) is 9.90. The summed E-state index contributed by atoms with van der Waals surface area (Å²) in [5, 5.41) is 20.1. The fourth-order valence-electron chi connectivity index (χ4n) is 1.50. The zero-order chi connectivity index (χ0) is 12.4. The molecule has 1 heterocycles. The first-order valence-corrected chi connectivity index (χ1v) is 5.72. The van der Waals surface area contributed by atoms with Gasteiger partial charge in [0.2, 0.25) is 0 Å². The largest absolute Gasteiger partial charge is 0.324 e. The molecule has 0 radical (unpaired) electrons. The molecule has 0 atom stereocenters. The van der Waals surface area contributed by atoms with E-state index >= 15 is 0 Å². The van der Waals surface area contributed by atoms with Gasteiger partial charge in [0.15, 0.2) is 0 Å². The van der Waals surface area contributed by atoms with Crippen LogP contribution in [-0.2, 0) is 6.54 Å². The Kier molecular flexibility index (Phi) is 3.12. The van der Waals surface area contributed by atoms with Crippen LogP contribution < -0.4 is 5.73 Å². The summed E-state index contributed by atoms with van der Waals surface area (Å²) in [4.78, 5) is 10.4. The maximum absolute atomic E-state index is 10.8. The molecule has 0 bridgehead atoms. The molecule has 7 heteroatoms. The summed E-state index contributed by atoms with van der Waals surface area (Å²) in [5.41, 5.74) is 6.87. The van der Waals surface area contributed by atoms with Crippen molar-refractivity contribution in [3.63, 3.8) is 0 Å². The first-order valence-electron chi connectivity index (χ1n) is 4.90. The summed E-state index contributed by atoms with van der Waals surface area (Å²) in [6.45, 7) is 2.03. The van der Waals surface area contributed by atoms with Crippen LogP contribution in [0.1, 0.15) is 10.6 Å². The van der Waals surface area contributed by atoms with E-state index in [4.69, 9.17) is 5.73 Å². The molecule has 0 amide bonds. The number of nitro benzene ring substituents is 1. The first-order chi connectivity index (χ1) is 8.13. The molecule has 0 fully saturated rings. The van der Waals surface area contributed by atoms with Crippen LogP contribution in [-0.4, -0.2) is 15.1 Å². The van der Waals surface area contributed by atoms with Gasteiger partial charge in [-0.25, -0.2) is 0 Å². The maximum atomic E-state index is 10.8. The van der Waals surface area contributed by atoms with Crippen molar-refractivity contribution in [1.82, 2.24) is 10.2 Å². The summed E-state index contributed by atoms with van der Waals surface area (Å²) < 4.78 is 0. The van der Waals surface area contributed by atoms with Crippen LogP contribution in [0.15, 0.2) is 18.2 Å². The van der Waals surface area contributed by atoms with Gasteiger partial charge in [0.1, 0.15) is 10.0 Å². The molecule has 0 aliphatic heterocycles. The second-order valence-corrected chi connectivity index (χ2v) is 4.47. The predicted octanol–water partition coefficient (Wildman–Crippen LogP) is 1.88. The number of nitro groups is 1. The van der Waals surface area contributed by atoms with Gasteiger partial charge in [0.25, 0.3) is 5.69 Å². The van der Waals surface area contributed by atoms with Crippen molar-refractivity contribution >= 4 is 17.0 Å². The van der Waals surface area contributed by atoms with Gasteiger partial charge in [-0.15, -0.1) is 10.2 Å². The van der Waals surface area contributed by atoms with Crippen LogP contribution in [0.4, 0.5) is 5.69 Å². The van der Waals surface area contributed by atoms with Gasteiger partial charge < -0.3 is 5.73 Å². The summed E-state index contributed by atoms with van der Waals surface area (Å²) in [6, 6.07) is 4.91. The van der Waals surface area contributed by atoms with Crippen molar-refractivity contribution in [2.24, 2.45) is 5.73 Å². The zero-order valence-electron chi connectivity index (χ0n) is 9.08. The Morgan fingerprint density at radius 2 is 2.24 bits per heavy atom. The van der Waals surface area contributed by atoms with Crippen LogP contribution >= 0.6 is 11.3 Å².